The molecule has 4 rings (SSSR count). The molecule has 2 aromatic rings. The second-order valence-electron chi connectivity index (χ2n) is 9.32. The fraction of sp³-hybridized carbons (Fsp3) is 0.556. The average molecular weight is 436 g/mol. The first kappa shape index (κ1) is 22.8. The van der Waals surface area contributed by atoms with Gasteiger partial charge in [-0.15, -0.1) is 0 Å². The van der Waals surface area contributed by atoms with E-state index in [1.807, 2.05) is 9.80 Å². The largest absolute Gasteiger partial charge is 0.343 e. The van der Waals surface area contributed by atoms with E-state index in [2.05, 4.69) is 61.2 Å². The standard InChI is InChI=1S/C27H37N3O2/c1-3-28(4-2)27(32)24-10-7-16-29(20-24)25-13-14-26(31)30(17-15-25)19-21-11-12-22-8-5-6-9-23(22)18-21/h5-6,8-9,11-12,18,24-25H,3-4,7,10,13-17,19-20H2,1-2H3/t24-,25-/m0/s1. The first-order valence-electron chi connectivity index (χ1n) is 12.4. The van der Waals surface area contributed by atoms with Gasteiger partial charge in [0.05, 0.1) is 5.92 Å². The van der Waals surface area contributed by atoms with Gasteiger partial charge in [0, 0.05) is 45.2 Å². The number of rotatable bonds is 6. The van der Waals surface area contributed by atoms with Crippen molar-refractivity contribution in [2.45, 2.75) is 58.5 Å². The zero-order valence-electron chi connectivity index (χ0n) is 19.6. The van der Waals surface area contributed by atoms with Gasteiger partial charge in [-0.3, -0.25) is 14.5 Å². The summed E-state index contributed by atoms with van der Waals surface area (Å²) in [7, 11) is 0. The van der Waals surface area contributed by atoms with Crippen molar-refractivity contribution in [2.75, 3.05) is 32.7 Å². The number of amides is 2. The summed E-state index contributed by atoms with van der Waals surface area (Å²) in [6, 6.07) is 15.3. The van der Waals surface area contributed by atoms with Gasteiger partial charge < -0.3 is 9.80 Å². The van der Waals surface area contributed by atoms with Gasteiger partial charge in [0.1, 0.15) is 0 Å². The van der Waals surface area contributed by atoms with Crippen LogP contribution >= 0.6 is 0 Å². The first-order valence-corrected chi connectivity index (χ1v) is 12.4. The van der Waals surface area contributed by atoms with Crippen LogP contribution in [0.25, 0.3) is 10.8 Å². The Hall–Kier alpha value is -2.40. The van der Waals surface area contributed by atoms with Crippen molar-refractivity contribution in [1.29, 1.82) is 0 Å². The van der Waals surface area contributed by atoms with Crippen molar-refractivity contribution in [3.8, 4) is 0 Å². The molecule has 5 nitrogen and oxygen atoms in total. The van der Waals surface area contributed by atoms with Gasteiger partial charge >= 0.3 is 0 Å². The number of carbonyl (C=O) groups excluding carboxylic acids is 2. The second kappa shape index (κ2) is 10.5. The highest BCUT2D eigenvalue weighted by Gasteiger charge is 2.33. The summed E-state index contributed by atoms with van der Waals surface area (Å²) in [6.07, 6.45) is 4.56. The molecule has 2 fully saturated rings. The molecule has 0 radical (unpaired) electrons. The van der Waals surface area contributed by atoms with Crippen molar-refractivity contribution in [1.82, 2.24) is 14.7 Å². The van der Waals surface area contributed by atoms with E-state index in [0.717, 1.165) is 58.4 Å². The van der Waals surface area contributed by atoms with Crippen LogP contribution in [0.3, 0.4) is 0 Å². The van der Waals surface area contributed by atoms with Crippen molar-refractivity contribution in [3.05, 3.63) is 48.0 Å². The van der Waals surface area contributed by atoms with Crippen LogP contribution in [0.5, 0.6) is 0 Å². The molecule has 2 aliphatic heterocycles. The predicted molar refractivity (Wildman–Crippen MR) is 129 cm³/mol. The Morgan fingerprint density at radius 3 is 2.56 bits per heavy atom. The first-order chi connectivity index (χ1) is 15.6. The maximum Gasteiger partial charge on any atom is 0.226 e. The Labute approximate surface area is 192 Å². The quantitative estimate of drug-likeness (QED) is 0.679. The number of hydrogen-bond donors (Lipinski definition) is 0. The molecular weight excluding hydrogens is 398 g/mol. The lowest BCUT2D eigenvalue weighted by molar-refractivity contribution is -0.137. The molecule has 2 amide bonds. The van der Waals surface area contributed by atoms with Gasteiger partial charge in [-0.25, -0.2) is 0 Å². The third kappa shape index (κ3) is 5.15. The van der Waals surface area contributed by atoms with E-state index >= 15 is 0 Å². The normalized spacial score (nSPS) is 22.7. The molecule has 2 aliphatic rings. The number of fused-ring (bicyclic) bond motifs is 1. The summed E-state index contributed by atoms with van der Waals surface area (Å²) >= 11 is 0. The summed E-state index contributed by atoms with van der Waals surface area (Å²) in [6.45, 7) is 9.05. The minimum atomic E-state index is 0.108. The summed E-state index contributed by atoms with van der Waals surface area (Å²) < 4.78 is 0. The van der Waals surface area contributed by atoms with E-state index in [4.69, 9.17) is 0 Å². The Balaban J connectivity index is 1.38. The lowest BCUT2D eigenvalue weighted by Crippen LogP contribution is -2.48. The van der Waals surface area contributed by atoms with Crippen molar-refractivity contribution >= 4 is 22.6 Å². The van der Waals surface area contributed by atoms with E-state index in [9.17, 15) is 9.59 Å². The molecule has 0 N–H and O–H groups in total. The molecule has 32 heavy (non-hydrogen) atoms. The van der Waals surface area contributed by atoms with E-state index in [0.29, 0.717) is 24.9 Å². The third-order valence-corrected chi connectivity index (χ3v) is 7.36. The van der Waals surface area contributed by atoms with E-state index < -0.39 is 0 Å². The fourth-order valence-corrected chi connectivity index (χ4v) is 5.45. The number of hydrogen-bond acceptors (Lipinski definition) is 3. The minimum absolute atomic E-state index is 0.108. The Kier molecular flexibility index (Phi) is 7.46. The summed E-state index contributed by atoms with van der Waals surface area (Å²) in [5, 5.41) is 2.46. The van der Waals surface area contributed by atoms with Gasteiger partial charge in [-0.1, -0.05) is 36.4 Å². The number of benzene rings is 2. The minimum Gasteiger partial charge on any atom is -0.343 e. The molecule has 172 valence electrons. The Morgan fingerprint density at radius 1 is 1.00 bits per heavy atom. The van der Waals surface area contributed by atoms with Crippen molar-refractivity contribution < 1.29 is 9.59 Å². The van der Waals surface area contributed by atoms with Gasteiger partial charge in [0.15, 0.2) is 0 Å². The highest BCUT2D eigenvalue weighted by molar-refractivity contribution is 5.83. The Morgan fingerprint density at radius 2 is 1.78 bits per heavy atom. The number of carbonyl (C=O) groups is 2. The molecule has 0 spiro atoms. The summed E-state index contributed by atoms with van der Waals surface area (Å²) in [5.74, 6) is 0.673. The molecule has 2 heterocycles. The van der Waals surface area contributed by atoms with Gasteiger partial charge in [0.2, 0.25) is 11.8 Å². The molecule has 0 saturated carbocycles. The number of likely N-dealkylation sites (tertiary alicyclic amines) is 2. The molecule has 5 heteroatoms. The lowest BCUT2D eigenvalue weighted by atomic mass is 9.93. The van der Waals surface area contributed by atoms with Crippen molar-refractivity contribution in [3.63, 3.8) is 0 Å². The molecule has 0 bridgehead atoms. The monoisotopic (exact) mass is 435 g/mol. The van der Waals surface area contributed by atoms with Crippen LogP contribution in [0.1, 0.15) is 51.5 Å². The number of nitrogens with zero attached hydrogens (tertiary/aromatic N) is 3. The maximum absolute atomic E-state index is 12.9. The summed E-state index contributed by atoms with van der Waals surface area (Å²) in [5.41, 5.74) is 1.19. The molecule has 2 atom stereocenters. The average Bonchev–Trinajstić information content (AvgIpc) is 3.01. The zero-order valence-corrected chi connectivity index (χ0v) is 19.6. The predicted octanol–water partition coefficient (Wildman–Crippen LogP) is 4.30. The summed E-state index contributed by atoms with van der Waals surface area (Å²) in [4.78, 5) is 32.3. The van der Waals surface area contributed by atoms with Gasteiger partial charge in [0.25, 0.3) is 0 Å². The highest BCUT2D eigenvalue weighted by Crippen LogP contribution is 2.26. The van der Waals surface area contributed by atoms with Crippen LogP contribution in [0.15, 0.2) is 42.5 Å². The van der Waals surface area contributed by atoms with Crippen LogP contribution in [-0.4, -0.2) is 65.3 Å². The van der Waals surface area contributed by atoms with E-state index in [1.165, 1.54) is 16.3 Å². The van der Waals surface area contributed by atoms with Crippen molar-refractivity contribution in [2.24, 2.45) is 5.92 Å². The molecular formula is C27H37N3O2. The topological polar surface area (TPSA) is 43.9 Å². The lowest BCUT2D eigenvalue weighted by Gasteiger charge is -2.38. The van der Waals surface area contributed by atoms with Crippen LogP contribution in [0.4, 0.5) is 0 Å². The van der Waals surface area contributed by atoms with Crippen LogP contribution < -0.4 is 0 Å². The fourth-order valence-electron chi connectivity index (χ4n) is 5.45. The van der Waals surface area contributed by atoms with E-state index in [-0.39, 0.29) is 11.8 Å². The molecule has 0 unspecified atom stereocenters. The smallest absolute Gasteiger partial charge is 0.226 e. The van der Waals surface area contributed by atoms with Gasteiger partial charge in [-0.05, 0) is 68.5 Å². The Bertz CT molecular complexity index is 939. The van der Waals surface area contributed by atoms with Crippen LogP contribution in [0.2, 0.25) is 0 Å². The molecule has 0 aliphatic carbocycles. The van der Waals surface area contributed by atoms with Gasteiger partial charge in [-0.2, -0.15) is 0 Å². The highest BCUT2D eigenvalue weighted by atomic mass is 16.2. The molecule has 2 aromatic carbocycles. The van der Waals surface area contributed by atoms with Crippen LogP contribution in [0, 0.1) is 5.92 Å². The molecule has 0 aromatic heterocycles. The maximum atomic E-state index is 12.9. The third-order valence-electron chi connectivity index (χ3n) is 7.36. The van der Waals surface area contributed by atoms with E-state index in [1.54, 1.807) is 0 Å². The SMILES string of the molecule is CCN(CC)C(=O)[C@H]1CCCN([C@H]2CCC(=O)N(Cc3ccc4ccccc4c3)CC2)C1. The zero-order chi connectivity index (χ0) is 22.5. The molecule has 2 saturated heterocycles. The second-order valence-corrected chi connectivity index (χ2v) is 9.32. The number of piperidine rings is 1. The van der Waals surface area contributed by atoms with Crippen LogP contribution in [-0.2, 0) is 16.1 Å².